The first-order valence-electron chi connectivity index (χ1n) is 11.5. The molecule has 1 aliphatic carbocycles. The fourth-order valence-electron chi connectivity index (χ4n) is 4.67. The molecule has 2 aliphatic rings. The van der Waals surface area contributed by atoms with Crippen molar-refractivity contribution in [3.63, 3.8) is 0 Å². The third-order valence-corrected chi connectivity index (χ3v) is 8.02. The summed E-state index contributed by atoms with van der Waals surface area (Å²) in [5, 5.41) is 3.47. The summed E-state index contributed by atoms with van der Waals surface area (Å²) >= 11 is 6.03. The Labute approximate surface area is 206 Å². The van der Waals surface area contributed by atoms with Crippen LogP contribution in [0.25, 0.3) is 5.57 Å². The molecule has 1 amide bonds. The van der Waals surface area contributed by atoms with Gasteiger partial charge in [0.1, 0.15) is 0 Å². The summed E-state index contributed by atoms with van der Waals surface area (Å²) in [6, 6.07) is 1.69. The SMILES string of the molecule is C=C(c1cncc(Cl)c1)c1ncc(F)c(N[C@@H]2CCC[C@@](P)([C@@H](C)C(=O)N3CCOCC3)C2)n1. The minimum atomic E-state index is -0.529. The molecule has 1 saturated carbocycles. The van der Waals surface area contributed by atoms with Crippen molar-refractivity contribution < 1.29 is 13.9 Å². The van der Waals surface area contributed by atoms with E-state index in [2.05, 4.69) is 36.1 Å². The van der Waals surface area contributed by atoms with Crippen LogP contribution in [0.5, 0.6) is 0 Å². The second kappa shape index (κ2) is 10.6. The predicted octanol–water partition coefficient (Wildman–Crippen LogP) is 4.19. The molecule has 0 spiro atoms. The molecule has 1 aliphatic heterocycles. The Bertz CT molecular complexity index is 1070. The van der Waals surface area contributed by atoms with Gasteiger partial charge in [0, 0.05) is 48.6 Å². The number of pyridine rings is 1. The highest BCUT2D eigenvalue weighted by Crippen LogP contribution is 2.43. The van der Waals surface area contributed by atoms with Gasteiger partial charge in [-0.2, -0.15) is 0 Å². The number of ether oxygens (including phenoxy) is 1. The fraction of sp³-hybridized carbons (Fsp3) is 0.500. The molecule has 182 valence electrons. The van der Waals surface area contributed by atoms with Gasteiger partial charge in [0.25, 0.3) is 0 Å². The maximum absolute atomic E-state index is 14.6. The third-order valence-electron chi connectivity index (χ3n) is 6.79. The molecule has 0 bridgehead atoms. The minimum absolute atomic E-state index is 0.0236. The van der Waals surface area contributed by atoms with Crippen molar-refractivity contribution in [3.8, 4) is 0 Å². The van der Waals surface area contributed by atoms with E-state index in [0.717, 1.165) is 25.5 Å². The molecule has 2 aromatic rings. The smallest absolute Gasteiger partial charge is 0.226 e. The zero-order valence-corrected chi connectivity index (χ0v) is 21.2. The molecule has 0 radical (unpaired) electrons. The van der Waals surface area contributed by atoms with E-state index in [9.17, 15) is 9.18 Å². The molecule has 2 aromatic heterocycles. The van der Waals surface area contributed by atoms with Crippen molar-refractivity contribution >= 4 is 38.1 Å². The van der Waals surface area contributed by atoms with Crippen molar-refractivity contribution in [3.05, 3.63) is 53.5 Å². The molecule has 2 fully saturated rings. The molecule has 4 rings (SSSR count). The maximum atomic E-state index is 14.6. The molecule has 7 nitrogen and oxygen atoms in total. The summed E-state index contributed by atoms with van der Waals surface area (Å²) in [4.78, 5) is 27.6. The van der Waals surface area contributed by atoms with Crippen LogP contribution in [0.4, 0.5) is 10.2 Å². The van der Waals surface area contributed by atoms with E-state index in [1.54, 1.807) is 12.3 Å². The highest BCUT2D eigenvalue weighted by molar-refractivity contribution is 7.19. The summed E-state index contributed by atoms with van der Waals surface area (Å²) in [5.41, 5.74) is 1.17. The third kappa shape index (κ3) is 5.56. The molecular formula is C24H30ClFN5O2P. The number of carbonyl (C=O) groups is 1. The topological polar surface area (TPSA) is 80.2 Å². The summed E-state index contributed by atoms with van der Waals surface area (Å²) < 4.78 is 20.0. The van der Waals surface area contributed by atoms with Gasteiger partial charge in [0.15, 0.2) is 17.5 Å². The van der Waals surface area contributed by atoms with Gasteiger partial charge < -0.3 is 15.0 Å². The molecule has 1 N–H and O–H groups in total. The number of hydrogen-bond acceptors (Lipinski definition) is 6. The van der Waals surface area contributed by atoms with Crippen molar-refractivity contribution in [2.45, 2.75) is 43.8 Å². The van der Waals surface area contributed by atoms with Crippen LogP contribution in [0.15, 0.2) is 31.2 Å². The van der Waals surface area contributed by atoms with E-state index in [1.165, 1.54) is 6.20 Å². The van der Waals surface area contributed by atoms with Gasteiger partial charge in [-0.25, -0.2) is 14.4 Å². The van der Waals surface area contributed by atoms with Gasteiger partial charge in [-0.1, -0.05) is 31.5 Å². The first-order chi connectivity index (χ1) is 16.3. The zero-order valence-electron chi connectivity index (χ0n) is 19.3. The normalized spacial score (nSPS) is 23.9. The van der Waals surface area contributed by atoms with E-state index >= 15 is 0 Å². The van der Waals surface area contributed by atoms with Crippen LogP contribution < -0.4 is 5.32 Å². The Kier molecular flexibility index (Phi) is 7.80. The zero-order chi connectivity index (χ0) is 24.3. The van der Waals surface area contributed by atoms with Crippen LogP contribution >= 0.6 is 20.8 Å². The van der Waals surface area contributed by atoms with Crippen molar-refractivity contribution in [2.24, 2.45) is 5.92 Å². The standard InChI is InChI=1S/C24H30ClFN5O2P/c1-15(17-10-18(25)13-27-12-17)21-28-14-20(26)22(30-21)29-19-4-3-5-24(34,11-19)16(2)23(32)31-6-8-33-9-7-31/h10,12-14,16,19H,1,3-9,11,34H2,2H3,(H,28,29,30)/t16-,19+,24-/m0/s1. The van der Waals surface area contributed by atoms with Crippen LogP contribution in [0.3, 0.4) is 0 Å². The number of halogens is 2. The van der Waals surface area contributed by atoms with Crippen LogP contribution in [0.1, 0.15) is 44.0 Å². The average Bonchev–Trinajstić information content (AvgIpc) is 2.84. The van der Waals surface area contributed by atoms with Gasteiger partial charge in [-0.15, -0.1) is 9.24 Å². The second-order valence-corrected chi connectivity index (χ2v) is 10.7. The van der Waals surface area contributed by atoms with Gasteiger partial charge in [0.2, 0.25) is 5.91 Å². The number of amides is 1. The lowest BCUT2D eigenvalue weighted by Gasteiger charge is -2.43. The molecule has 34 heavy (non-hydrogen) atoms. The van der Waals surface area contributed by atoms with Gasteiger partial charge in [0.05, 0.1) is 24.4 Å². The monoisotopic (exact) mass is 505 g/mol. The van der Waals surface area contributed by atoms with Gasteiger partial charge in [-0.05, 0) is 30.5 Å². The maximum Gasteiger partial charge on any atom is 0.226 e. The van der Waals surface area contributed by atoms with Crippen LogP contribution in [0, 0.1) is 11.7 Å². The Morgan fingerprint density at radius 2 is 2.15 bits per heavy atom. The van der Waals surface area contributed by atoms with E-state index in [-0.39, 0.29) is 28.8 Å². The van der Waals surface area contributed by atoms with Crippen molar-refractivity contribution in [1.82, 2.24) is 19.9 Å². The lowest BCUT2D eigenvalue weighted by atomic mass is 9.76. The number of carbonyl (C=O) groups excluding carboxylic acids is 1. The molecule has 1 saturated heterocycles. The molecule has 0 aromatic carbocycles. The minimum Gasteiger partial charge on any atom is -0.378 e. The molecular weight excluding hydrogens is 476 g/mol. The lowest BCUT2D eigenvalue weighted by Crippen LogP contribution is -2.50. The lowest BCUT2D eigenvalue weighted by molar-refractivity contribution is -0.140. The largest absolute Gasteiger partial charge is 0.378 e. The molecule has 3 heterocycles. The fourth-order valence-corrected chi connectivity index (χ4v) is 5.48. The highest BCUT2D eigenvalue weighted by atomic mass is 35.5. The Hall–Kier alpha value is -2.15. The van der Waals surface area contributed by atoms with Crippen LogP contribution in [-0.2, 0) is 9.53 Å². The summed E-state index contributed by atoms with van der Waals surface area (Å²) in [5.74, 6) is -0.107. The number of nitrogens with one attached hydrogen (secondary N) is 1. The molecule has 4 atom stereocenters. The van der Waals surface area contributed by atoms with Crippen LogP contribution in [0.2, 0.25) is 5.02 Å². The predicted molar refractivity (Wildman–Crippen MR) is 134 cm³/mol. The Morgan fingerprint density at radius 3 is 2.88 bits per heavy atom. The number of hydrogen-bond donors (Lipinski definition) is 1. The van der Waals surface area contributed by atoms with E-state index in [1.807, 2.05) is 11.8 Å². The average molecular weight is 506 g/mol. The molecule has 10 heteroatoms. The number of aromatic nitrogens is 3. The van der Waals surface area contributed by atoms with Crippen molar-refractivity contribution in [1.29, 1.82) is 0 Å². The highest BCUT2D eigenvalue weighted by Gasteiger charge is 2.42. The van der Waals surface area contributed by atoms with Crippen LogP contribution in [-0.4, -0.2) is 63.3 Å². The van der Waals surface area contributed by atoms with Gasteiger partial charge in [-0.3, -0.25) is 9.78 Å². The Balaban J connectivity index is 1.47. The number of nitrogens with zero attached hydrogens (tertiary/aromatic N) is 4. The van der Waals surface area contributed by atoms with Crippen molar-refractivity contribution in [2.75, 3.05) is 31.6 Å². The number of morpholine rings is 1. The Morgan fingerprint density at radius 1 is 1.38 bits per heavy atom. The summed E-state index contributed by atoms with van der Waals surface area (Å²) in [6.45, 7) is 8.46. The summed E-state index contributed by atoms with van der Waals surface area (Å²) in [7, 11) is 2.94. The summed E-state index contributed by atoms with van der Waals surface area (Å²) in [6.07, 6.45) is 7.73. The van der Waals surface area contributed by atoms with E-state index in [0.29, 0.717) is 54.7 Å². The first kappa shape index (κ1) is 25.0. The number of rotatable bonds is 6. The van der Waals surface area contributed by atoms with E-state index < -0.39 is 5.82 Å². The molecule has 1 unspecified atom stereocenters. The van der Waals surface area contributed by atoms with Gasteiger partial charge >= 0.3 is 0 Å². The quantitative estimate of drug-likeness (QED) is 0.593. The van der Waals surface area contributed by atoms with E-state index in [4.69, 9.17) is 16.3 Å². The first-order valence-corrected chi connectivity index (χ1v) is 12.5. The number of anilines is 1. The second-order valence-electron chi connectivity index (χ2n) is 9.09.